The van der Waals surface area contributed by atoms with Crippen LogP contribution in [-0.2, 0) is 0 Å². The Morgan fingerprint density at radius 2 is 2.00 bits per heavy atom. The van der Waals surface area contributed by atoms with E-state index in [1.807, 2.05) is 0 Å². The molecular weight excluding hydrogens is 218 g/mol. The largest absolute Gasteiger partial charge is 0.310 e. The molecule has 0 aromatic heterocycles. The minimum atomic E-state index is 0.599. The van der Waals surface area contributed by atoms with Gasteiger partial charge in [-0.05, 0) is 54.7 Å². The zero-order valence-electron chi connectivity index (χ0n) is 11.7. The van der Waals surface area contributed by atoms with Gasteiger partial charge in [0.1, 0.15) is 0 Å². The summed E-state index contributed by atoms with van der Waals surface area (Å²) in [5.74, 6) is 2.62. The third kappa shape index (κ3) is 2.21. The summed E-state index contributed by atoms with van der Waals surface area (Å²) >= 11 is 0. The second kappa shape index (κ2) is 5.05. The molecule has 0 amide bonds. The number of rotatable bonds is 5. The van der Waals surface area contributed by atoms with Crippen molar-refractivity contribution in [1.82, 2.24) is 5.32 Å². The van der Waals surface area contributed by atoms with Crippen molar-refractivity contribution in [2.45, 2.75) is 51.5 Å². The first kappa shape index (κ1) is 12.2. The molecule has 2 fully saturated rings. The summed E-state index contributed by atoms with van der Waals surface area (Å²) < 4.78 is 0. The minimum Gasteiger partial charge on any atom is -0.310 e. The van der Waals surface area contributed by atoms with Crippen LogP contribution < -0.4 is 5.32 Å². The van der Waals surface area contributed by atoms with Crippen LogP contribution in [0.2, 0.25) is 0 Å². The lowest BCUT2D eigenvalue weighted by Gasteiger charge is -2.31. The van der Waals surface area contributed by atoms with Gasteiger partial charge in [-0.15, -0.1) is 0 Å². The molecule has 2 saturated carbocycles. The van der Waals surface area contributed by atoms with E-state index in [1.54, 1.807) is 11.1 Å². The molecule has 0 bridgehead atoms. The van der Waals surface area contributed by atoms with Crippen LogP contribution >= 0.6 is 0 Å². The minimum absolute atomic E-state index is 0.599. The molecule has 1 aromatic rings. The summed E-state index contributed by atoms with van der Waals surface area (Å²) in [5, 5.41) is 3.73. The highest BCUT2D eigenvalue weighted by Crippen LogP contribution is 2.49. The Morgan fingerprint density at radius 3 is 2.56 bits per heavy atom. The molecule has 3 rings (SSSR count). The molecule has 1 aromatic carbocycles. The van der Waals surface area contributed by atoms with E-state index in [1.165, 1.54) is 25.7 Å². The van der Waals surface area contributed by atoms with Crippen LogP contribution in [0.1, 0.15) is 62.6 Å². The first-order valence-electron chi connectivity index (χ1n) is 7.63. The monoisotopic (exact) mass is 243 g/mol. The van der Waals surface area contributed by atoms with E-state index in [0.29, 0.717) is 6.04 Å². The molecule has 1 heteroatoms. The maximum absolute atomic E-state index is 3.73. The summed E-state index contributed by atoms with van der Waals surface area (Å²) in [7, 11) is 0. The number of hydrogen-bond acceptors (Lipinski definition) is 1. The third-order valence-corrected chi connectivity index (χ3v) is 4.90. The van der Waals surface area contributed by atoms with Gasteiger partial charge in [0.05, 0.1) is 0 Å². The van der Waals surface area contributed by atoms with Crippen LogP contribution in [0.25, 0.3) is 0 Å². The Morgan fingerprint density at radius 1 is 1.28 bits per heavy atom. The molecule has 0 spiro atoms. The highest BCUT2D eigenvalue weighted by molar-refractivity contribution is 5.35. The predicted molar refractivity (Wildman–Crippen MR) is 76.7 cm³/mol. The van der Waals surface area contributed by atoms with E-state index in [-0.39, 0.29) is 0 Å². The van der Waals surface area contributed by atoms with Gasteiger partial charge in [-0.2, -0.15) is 0 Å². The van der Waals surface area contributed by atoms with Crippen molar-refractivity contribution in [2.75, 3.05) is 6.54 Å². The maximum Gasteiger partial charge on any atom is 0.0354 e. The van der Waals surface area contributed by atoms with Crippen molar-refractivity contribution in [2.24, 2.45) is 11.8 Å². The molecule has 18 heavy (non-hydrogen) atoms. The first-order chi connectivity index (χ1) is 8.81. The average Bonchev–Trinajstić information content (AvgIpc) is 3.02. The van der Waals surface area contributed by atoms with Gasteiger partial charge in [0.2, 0.25) is 0 Å². The Hall–Kier alpha value is -0.820. The molecule has 98 valence electrons. The van der Waals surface area contributed by atoms with Crippen LogP contribution in [-0.4, -0.2) is 6.54 Å². The first-order valence-corrected chi connectivity index (χ1v) is 7.63. The maximum atomic E-state index is 3.73. The molecule has 0 radical (unpaired) electrons. The van der Waals surface area contributed by atoms with Crippen LogP contribution in [0.5, 0.6) is 0 Å². The molecule has 1 N–H and O–H groups in total. The third-order valence-electron chi connectivity index (χ3n) is 4.90. The van der Waals surface area contributed by atoms with Gasteiger partial charge in [-0.3, -0.25) is 0 Å². The molecule has 0 heterocycles. The van der Waals surface area contributed by atoms with Gasteiger partial charge in [-0.1, -0.05) is 44.5 Å². The van der Waals surface area contributed by atoms with Gasteiger partial charge < -0.3 is 5.32 Å². The van der Waals surface area contributed by atoms with Crippen LogP contribution in [0.3, 0.4) is 0 Å². The van der Waals surface area contributed by atoms with Crippen LogP contribution in [0.4, 0.5) is 0 Å². The highest BCUT2D eigenvalue weighted by Gasteiger charge is 2.41. The predicted octanol–water partition coefficient (Wildman–Crippen LogP) is 4.26. The van der Waals surface area contributed by atoms with E-state index in [9.17, 15) is 0 Å². The van der Waals surface area contributed by atoms with Crippen molar-refractivity contribution in [3.8, 4) is 0 Å². The molecule has 2 aliphatic rings. The van der Waals surface area contributed by atoms with Gasteiger partial charge in [0.25, 0.3) is 0 Å². The highest BCUT2D eigenvalue weighted by atomic mass is 14.9. The number of benzene rings is 1. The lowest BCUT2D eigenvalue weighted by atomic mass is 9.76. The molecule has 3 atom stereocenters. The fourth-order valence-corrected chi connectivity index (χ4v) is 3.41. The van der Waals surface area contributed by atoms with Crippen molar-refractivity contribution in [1.29, 1.82) is 0 Å². The molecule has 2 aliphatic carbocycles. The van der Waals surface area contributed by atoms with Crippen molar-refractivity contribution in [3.05, 3.63) is 35.4 Å². The molecular formula is C17H25N. The standard InChI is InChI=1S/C17H25N/c1-3-18-17(16-11-12(16)2)15-10-5-4-9-14(15)13-7-6-8-13/h4-5,9-10,12-13,16-18H,3,6-8,11H2,1-2H3. The second-order valence-corrected chi connectivity index (χ2v) is 6.17. The van der Waals surface area contributed by atoms with Crippen molar-refractivity contribution < 1.29 is 0 Å². The van der Waals surface area contributed by atoms with Gasteiger partial charge in [0, 0.05) is 6.04 Å². The fraction of sp³-hybridized carbons (Fsp3) is 0.647. The van der Waals surface area contributed by atoms with Gasteiger partial charge in [0.15, 0.2) is 0 Å². The quantitative estimate of drug-likeness (QED) is 0.814. The van der Waals surface area contributed by atoms with Gasteiger partial charge in [-0.25, -0.2) is 0 Å². The number of nitrogens with one attached hydrogen (secondary N) is 1. The topological polar surface area (TPSA) is 12.0 Å². The lowest BCUT2D eigenvalue weighted by molar-refractivity contribution is 0.404. The molecule has 0 aliphatic heterocycles. The van der Waals surface area contributed by atoms with E-state index in [2.05, 4.69) is 43.4 Å². The number of hydrogen-bond donors (Lipinski definition) is 1. The molecule has 3 unspecified atom stereocenters. The van der Waals surface area contributed by atoms with E-state index in [4.69, 9.17) is 0 Å². The van der Waals surface area contributed by atoms with E-state index >= 15 is 0 Å². The van der Waals surface area contributed by atoms with Crippen LogP contribution in [0.15, 0.2) is 24.3 Å². The van der Waals surface area contributed by atoms with E-state index < -0.39 is 0 Å². The Bertz CT molecular complexity index is 408. The smallest absolute Gasteiger partial charge is 0.0354 e. The normalized spacial score (nSPS) is 28.8. The second-order valence-electron chi connectivity index (χ2n) is 6.17. The Labute approximate surface area is 111 Å². The zero-order valence-corrected chi connectivity index (χ0v) is 11.7. The SMILES string of the molecule is CCNC(c1ccccc1C1CCC1)C1CC1C. The summed E-state index contributed by atoms with van der Waals surface area (Å²) in [4.78, 5) is 0. The summed E-state index contributed by atoms with van der Waals surface area (Å²) in [5.41, 5.74) is 3.23. The fourth-order valence-electron chi connectivity index (χ4n) is 3.41. The molecule has 1 nitrogen and oxygen atoms in total. The Balaban J connectivity index is 1.88. The van der Waals surface area contributed by atoms with Crippen molar-refractivity contribution in [3.63, 3.8) is 0 Å². The summed E-state index contributed by atoms with van der Waals surface area (Å²) in [6, 6.07) is 9.77. The van der Waals surface area contributed by atoms with Crippen LogP contribution in [0, 0.1) is 11.8 Å². The lowest BCUT2D eigenvalue weighted by Crippen LogP contribution is -2.25. The van der Waals surface area contributed by atoms with Gasteiger partial charge >= 0.3 is 0 Å². The zero-order chi connectivity index (χ0) is 12.5. The molecule has 0 saturated heterocycles. The summed E-state index contributed by atoms with van der Waals surface area (Å²) in [6.07, 6.45) is 5.62. The average molecular weight is 243 g/mol. The summed E-state index contributed by atoms with van der Waals surface area (Å²) in [6.45, 7) is 5.69. The van der Waals surface area contributed by atoms with Crippen molar-refractivity contribution >= 4 is 0 Å². The van der Waals surface area contributed by atoms with E-state index in [0.717, 1.165) is 24.3 Å². The Kier molecular flexibility index (Phi) is 3.43.